The fourth-order valence-corrected chi connectivity index (χ4v) is 2.03. The number of para-hydroxylation sites is 1. The Morgan fingerprint density at radius 3 is 2.56 bits per heavy atom. The Kier molecular flexibility index (Phi) is 2.87. The lowest BCUT2D eigenvalue weighted by atomic mass is 10.2. The van der Waals surface area contributed by atoms with Crippen LogP contribution in [0.25, 0.3) is 10.8 Å². The predicted octanol–water partition coefficient (Wildman–Crippen LogP) is 4.63. The molecule has 0 saturated heterocycles. The smallest absolute Gasteiger partial charge is 0.130 e. The highest BCUT2D eigenvalue weighted by Gasteiger charge is 1.99. The summed E-state index contributed by atoms with van der Waals surface area (Å²) in [6.07, 6.45) is 1.83. The van der Waals surface area contributed by atoms with E-state index in [0.717, 1.165) is 27.3 Å². The maximum atomic E-state index is 5.94. The van der Waals surface area contributed by atoms with E-state index in [1.165, 1.54) is 0 Å². The lowest BCUT2D eigenvalue weighted by Crippen LogP contribution is -1.92. The average Bonchev–Trinajstić information content (AvgIpc) is 2.40. The summed E-state index contributed by atoms with van der Waals surface area (Å²) in [7, 11) is 0. The van der Waals surface area contributed by atoms with Crippen LogP contribution in [-0.2, 0) is 0 Å². The Hall–Kier alpha value is -2.06. The zero-order valence-electron chi connectivity index (χ0n) is 9.60. The van der Waals surface area contributed by atoms with Crippen molar-refractivity contribution in [2.24, 2.45) is 0 Å². The Balaban J connectivity index is 1.96. The minimum atomic E-state index is 0.730. The van der Waals surface area contributed by atoms with Gasteiger partial charge in [-0.15, -0.1) is 0 Å². The molecule has 1 aromatic heterocycles. The quantitative estimate of drug-likeness (QED) is 0.721. The van der Waals surface area contributed by atoms with Crippen LogP contribution in [0, 0.1) is 0 Å². The second kappa shape index (κ2) is 4.67. The van der Waals surface area contributed by atoms with Gasteiger partial charge < -0.3 is 5.32 Å². The number of nitrogens with one attached hydrogen (secondary N) is 1. The third-order valence-corrected chi connectivity index (χ3v) is 2.97. The minimum absolute atomic E-state index is 0.730. The van der Waals surface area contributed by atoms with Gasteiger partial charge >= 0.3 is 0 Å². The number of anilines is 2. The van der Waals surface area contributed by atoms with Crippen LogP contribution in [-0.4, -0.2) is 4.98 Å². The number of nitrogens with zero attached hydrogens (tertiary/aromatic N) is 1. The Bertz CT molecular complexity index is 680. The number of hydrogen-bond donors (Lipinski definition) is 1. The first-order valence-corrected chi connectivity index (χ1v) is 6.06. The van der Waals surface area contributed by atoms with Crippen LogP contribution >= 0.6 is 11.6 Å². The topological polar surface area (TPSA) is 24.9 Å². The first-order chi connectivity index (χ1) is 8.81. The van der Waals surface area contributed by atoms with Gasteiger partial charge in [0.1, 0.15) is 5.82 Å². The number of hydrogen-bond acceptors (Lipinski definition) is 2. The van der Waals surface area contributed by atoms with Crippen molar-refractivity contribution in [3.05, 3.63) is 65.8 Å². The van der Waals surface area contributed by atoms with E-state index in [9.17, 15) is 0 Å². The van der Waals surface area contributed by atoms with Crippen LogP contribution in [0.15, 0.2) is 60.8 Å². The summed E-state index contributed by atoms with van der Waals surface area (Å²) < 4.78 is 0. The van der Waals surface area contributed by atoms with Crippen LogP contribution < -0.4 is 5.32 Å². The number of rotatable bonds is 2. The molecule has 0 radical (unpaired) electrons. The fraction of sp³-hybridized carbons (Fsp3) is 0. The van der Waals surface area contributed by atoms with Gasteiger partial charge in [-0.1, -0.05) is 35.9 Å². The minimum Gasteiger partial charge on any atom is -0.340 e. The van der Waals surface area contributed by atoms with Gasteiger partial charge in [0, 0.05) is 22.3 Å². The molecule has 0 atom stereocenters. The van der Waals surface area contributed by atoms with Crippen molar-refractivity contribution in [1.29, 1.82) is 0 Å². The first-order valence-electron chi connectivity index (χ1n) is 5.69. The van der Waals surface area contributed by atoms with Crippen LogP contribution in [0.4, 0.5) is 11.5 Å². The van der Waals surface area contributed by atoms with Gasteiger partial charge in [0.15, 0.2) is 0 Å². The van der Waals surface area contributed by atoms with Crippen molar-refractivity contribution in [1.82, 2.24) is 4.98 Å². The molecule has 0 bridgehead atoms. The molecule has 18 heavy (non-hydrogen) atoms. The third-order valence-electron chi connectivity index (χ3n) is 2.73. The van der Waals surface area contributed by atoms with Gasteiger partial charge in [-0.05, 0) is 35.7 Å². The number of aromatic nitrogens is 1. The van der Waals surface area contributed by atoms with Crippen LogP contribution in [0.5, 0.6) is 0 Å². The van der Waals surface area contributed by atoms with Crippen molar-refractivity contribution < 1.29 is 0 Å². The molecule has 1 heterocycles. The highest BCUT2D eigenvalue weighted by atomic mass is 35.5. The van der Waals surface area contributed by atoms with Gasteiger partial charge in [-0.3, -0.25) is 0 Å². The van der Waals surface area contributed by atoms with E-state index in [1.54, 1.807) is 0 Å². The molecule has 0 fully saturated rings. The van der Waals surface area contributed by atoms with Crippen molar-refractivity contribution in [2.75, 3.05) is 5.32 Å². The molecule has 88 valence electrons. The molecule has 0 spiro atoms. The number of pyridine rings is 1. The summed E-state index contributed by atoms with van der Waals surface area (Å²) in [5.74, 6) is 0.830. The number of halogens is 1. The zero-order chi connectivity index (χ0) is 12.4. The lowest BCUT2D eigenvalue weighted by molar-refractivity contribution is 1.34. The molecule has 2 aromatic carbocycles. The van der Waals surface area contributed by atoms with E-state index in [2.05, 4.69) is 10.3 Å². The van der Waals surface area contributed by atoms with Crippen LogP contribution in [0.2, 0.25) is 5.02 Å². The van der Waals surface area contributed by atoms with E-state index in [-0.39, 0.29) is 0 Å². The average molecular weight is 255 g/mol. The second-order valence-electron chi connectivity index (χ2n) is 4.05. The molecule has 0 aliphatic rings. The maximum Gasteiger partial charge on any atom is 0.130 e. The normalized spacial score (nSPS) is 10.5. The van der Waals surface area contributed by atoms with Gasteiger partial charge in [0.25, 0.3) is 0 Å². The SMILES string of the molecule is Clc1ccc2cc(Nc3ccccc3)ncc2c1. The molecular weight excluding hydrogens is 244 g/mol. The monoisotopic (exact) mass is 254 g/mol. The van der Waals surface area contributed by atoms with Crippen LogP contribution in [0.3, 0.4) is 0 Å². The van der Waals surface area contributed by atoms with E-state index in [1.807, 2.05) is 60.8 Å². The number of fused-ring (bicyclic) bond motifs is 1. The van der Waals surface area contributed by atoms with Crippen molar-refractivity contribution >= 4 is 33.9 Å². The van der Waals surface area contributed by atoms with Gasteiger partial charge in [0.2, 0.25) is 0 Å². The largest absolute Gasteiger partial charge is 0.340 e. The summed E-state index contributed by atoms with van der Waals surface area (Å²) in [6.45, 7) is 0. The highest BCUT2D eigenvalue weighted by molar-refractivity contribution is 6.31. The van der Waals surface area contributed by atoms with E-state index < -0.39 is 0 Å². The Morgan fingerprint density at radius 1 is 0.889 bits per heavy atom. The van der Waals surface area contributed by atoms with E-state index in [0.29, 0.717) is 0 Å². The van der Waals surface area contributed by atoms with Gasteiger partial charge in [0.05, 0.1) is 0 Å². The van der Waals surface area contributed by atoms with E-state index in [4.69, 9.17) is 11.6 Å². The first kappa shape index (κ1) is 11.1. The lowest BCUT2D eigenvalue weighted by Gasteiger charge is -2.06. The summed E-state index contributed by atoms with van der Waals surface area (Å²) in [5.41, 5.74) is 1.03. The second-order valence-corrected chi connectivity index (χ2v) is 4.49. The van der Waals surface area contributed by atoms with Gasteiger partial charge in [-0.25, -0.2) is 4.98 Å². The molecular formula is C15H11ClN2. The molecule has 0 aliphatic carbocycles. The molecule has 3 aromatic rings. The zero-order valence-corrected chi connectivity index (χ0v) is 10.4. The van der Waals surface area contributed by atoms with Crippen molar-refractivity contribution in [3.63, 3.8) is 0 Å². The van der Waals surface area contributed by atoms with Crippen molar-refractivity contribution in [2.45, 2.75) is 0 Å². The molecule has 0 aliphatic heterocycles. The van der Waals surface area contributed by atoms with Gasteiger partial charge in [-0.2, -0.15) is 0 Å². The molecule has 1 N–H and O–H groups in total. The standard InChI is InChI=1S/C15H11ClN2/c16-13-7-6-11-9-15(17-10-12(11)8-13)18-14-4-2-1-3-5-14/h1-10H,(H,17,18). The summed E-state index contributed by atoms with van der Waals surface area (Å²) >= 11 is 5.94. The predicted molar refractivity (Wildman–Crippen MR) is 76.5 cm³/mol. The molecule has 3 rings (SSSR count). The maximum absolute atomic E-state index is 5.94. The molecule has 0 saturated carbocycles. The third kappa shape index (κ3) is 2.29. The summed E-state index contributed by atoms with van der Waals surface area (Å²) in [5, 5.41) is 6.16. The molecule has 3 heteroatoms. The summed E-state index contributed by atoms with van der Waals surface area (Å²) in [6, 6.07) is 17.8. The molecule has 0 amide bonds. The highest BCUT2D eigenvalue weighted by Crippen LogP contribution is 2.22. The number of benzene rings is 2. The van der Waals surface area contributed by atoms with E-state index >= 15 is 0 Å². The van der Waals surface area contributed by atoms with Crippen LogP contribution in [0.1, 0.15) is 0 Å². The Labute approximate surface area is 110 Å². The molecule has 2 nitrogen and oxygen atoms in total. The van der Waals surface area contributed by atoms with Crippen molar-refractivity contribution in [3.8, 4) is 0 Å². The Morgan fingerprint density at radius 2 is 1.72 bits per heavy atom. The fourth-order valence-electron chi connectivity index (χ4n) is 1.85. The summed E-state index contributed by atoms with van der Waals surface area (Å²) in [4.78, 5) is 4.37. The molecule has 0 unspecified atom stereocenters.